The lowest BCUT2D eigenvalue weighted by Gasteiger charge is -2.42. The van der Waals surface area contributed by atoms with Gasteiger partial charge in [-0.25, -0.2) is 4.39 Å². The number of halogens is 1. The van der Waals surface area contributed by atoms with Gasteiger partial charge in [0.15, 0.2) is 0 Å². The summed E-state index contributed by atoms with van der Waals surface area (Å²) in [6, 6.07) is 12.9. The highest BCUT2D eigenvalue weighted by Gasteiger charge is 2.48. The van der Waals surface area contributed by atoms with E-state index in [9.17, 15) is 9.18 Å². The number of fused-ring (bicyclic) bond motifs is 1. The van der Waals surface area contributed by atoms with Crippen LogP contribution in [0.3, 0.4) is 0 Å². The van der Waals surface area contributed by atoms with E-state index in [0.29, 0.717) is 29.8 Å². The Balaban J connectivity index is 1.56. The van der Waals surface area contributed by atoms with Crippen LogP contribution in [0.15, 0.2) is 42.5 Å². The standard InChI is InChI=1S/C24H29FN2O2/c1-16-6-5-7-20(22(16)29-4)23(28)26-13-12-21-17(15-26)14-24(2,3)27(21)19-10-8-18(25)9-11-19/h5-11,17,21H,12-15H2,1-4H3/t17-,21+/m1/s1. The molecule has 2 aliphatic rings. The second-order valence-corrected chi connectivity index (χ2v) is 8.89. The molecule has 0 unspecified atom stereocenters. The van der Waals surface area contributed by atoms with Gasteiger partial charge in [-0.2, -0.15) is 0 Å². The minimum absolute atomic E-state index is 0.0345. The molecule has 4 rings (SSSR count). The minimum Gasteiger partial charge on any atom is -0.496 e. The van der Waals surface area contributed by atoms with Crippen molar-refractivity contribution in [3.63, 3.8) is 0 Å². The van der Waals surface area contributed by atoms with Gasteiger partial charge < -0.3 is 14.5 Å². The van der Waals surface area contributed by atoms with E-state index in [0.717, 1.165) is 30.6 Å². The second-order valence-electron chi connectivity index (χ2n) is 8.89. The van der Waals surface area contributed by atoms with Crippen LogP contribution in [0.1, 0.15) is 42.6 Å². The van der Waals surface area contributed by atoms with Crippen LogP contribution in [0.5, 0.6) is 5.75 Å². The number of nitrogens with zero attached hydrogens (tertiary/aromatic N) is 2. The van der Waals surface area contributed by atoms with Gasteiger partial charge in [-0.05, 0) is 75.4 Å². The fourth-order valence-electron chi connectivity index (χ4n) is 5.34. The number of rotatable bonds is 3. The van der Waals surface area contributed by atoms with E-state index in [1.807, 2.05) is 42.2 Å². The largest absolute Gasteiger partial charge is 0.496 e. The number of para-hydroxylation sites is 1. The number of likely N-dealkylation sites (tertiary alicyclic amines) is 1. The molecule has 2 aromatic carbocycles. The van der Waals surface area contributed by atoms with Crippen LogP contribution in [0.4, 0.5) is 10.1 Å². The molecule has 29 heavy (non-hydrogen) atoms. The molecule has 0 saturated carbocycles. The molecule has 0 aromatic heterocycles. The normalized spacial score (nSPS) is 23.1. The molecule has 1 amide bonds. The zero-order chi connectivity index (χ0) is 20.8. The number of anilines is 1. The lowest BCUT2D eigenvalue weighted by atomic mass is 9.89. The van der Waals surface area contributed by atoms with Gasteiger partial charge in [0, 0.05) is 30.4 Å². The molecule has 2 saturated heterocycles. The number of piperidine rings is 1. The molecular formula is C24H29FN2O2. The van der Waals surface area contributed by atoms with Gasteiger partial charge in [-0.1, -0.05) is 12.1 Å². The highest BCUT2D eigenvalue weighted by Crippen LogP contribution is 2.45. The van der Waals surface area contributed by atoms with Crippen molar-refractivity contribution in [2.24, 2.45) is 5.92 Å². The van der Waals surface area contributed by atoms with E-state index in [1.165, 1.54) is 12.1 Å². The number of methoxy groups -OCH3 is 1. The molecule has 2 aliphatic heterocycles. The third-order valence-electron chi connectivity index (χ3n) is 6.48. The molecule has 0 N–H and O–H groups in total. The van der Waals surface area contributed by atoms with Crippen molar-refractivity contribution in [2.45, 2.75) is 45.2 Å². The van der Waals surface area contributed by atoms with Crippen molar-refractivity contribution < 1.29 is 13.9 Å². The smallest absolute Gasteiger partial charge is 0.257 e. The van der Waals surface area contributed by atoms with Gasteiger partial charge in [0.2, 0.25) is 0 Å². The first-order valence-electron chi connectivity index (χ1n) is 10.3. The van der Waals surface area contributed by atoms with Crippen molar-refractivity contribution in [3.8, 4) is 5.75 Å². The third kappa shape index (κ3) is 3.47. The maximum absolute atomic E-state index is 13.4. The Morgan fingerprint density at radius 2 is 1.90 bits per heavy atom. The van der Waals surface area contributed by atoms with Gasteiger partial charge in [0.25, 0.3) is 5.91 Å². The van der Waals surface area contributed by atoms with Crippen LogP contribution in [0, 0.1) is 18.7 Å². The Morgan fingerprint density at radius 1 is 1.17 bits per heavy atom. The Bertz CT molecular complexity index is 910. The van der Waals surface area contributed by atoms with Crippen LogP contribution >= 0.6 is 0 Å². The van der Waals surface area contributed by atoms with Crippen LogP contribution < -0.4 is 9.64 Å². The number of amides is 1. The molecule has 0 radical (unpaired) electrons. The van der Waals surface area contributed by atoms with Gasteiger partial charge >= 0.3 is 0 Å². The zero-order valence-electron chi connectivity index (χ0n) is 17.6. The summed E-state index contributed by atoms with van der Waals surface area (Å²) in [6.45, 7) is 7.89. The summed E-state index contributed by atoms with van der Waals surface area (Å²) in [7, 11) is 1.62. The first kappa shape index (κ1) is 19.7. The average Bonchev–Trinajstić information content (AvgIpc) is 2.96. The number of benzene rings is 2. The summed E-state index contributed by atoms with van der Waals surface area (Å²) in [5.74, 6) is 0.889. The lowest BCUT2D eigenvalue weighted by Crippen LogP contribution is -2.50. The number of ether oxygens (including phenoxy) is 1. The van der Waals surface area contributed by atoms with E-state index in [2.05, 4.69) is 18.7 Å². The second kappa shape index (κ2) is 7.36. The monoisotopic (exact) mass is 396 g/mol. The van der Waals surface area contributed by atoms with Crippen molar-refractivity contribution in [3.05, 3.63) is 59.4 Å². The fourth-order valence-corrected chi connectivity index (χ4v) is 5.34. The van der Waals surface area contributed by atoms with Gasteiger partial charge in [-0.3, -0.25) is 4.79 Å². The van der Waals surface area contributed by atoms with Crippen LogP contribution in [-0.2, 0) is 0 Å². The lowest BCUT2D eigenvalue weighted by molar-refractivity contribution is 0.0664. The van der Waals surface area contributed by atoms with E-state index in [-0.39, 0.29) is 17.3 Å². The Kier molecular flexibility index (Phi) is 5.01. The maximum Gasteiger partial charge on any atom is 0.257 e. The molecule has 0 spiro atoms. The number of carbonyl (C=O) groups excluding carboxylic acids is 1. The average molecular weight is 397 g/mol. The summed E-state index contributed by atoms with van der Waals surface area (Å²) in [4.78, 5) is 17.7. The SMILES string of the molecule is COc1c(C)cccc1C(=O)N1CC[C@H]2[C@@H](C1)CC(C)(C)N2c1ccc(F)cc1. The molecule has 154 valence electrons. The van der Waals surface area contributed by atoms with E-state index in [1.54, 1.807) is 7.11 Å². The first-order chi connectivity index (χ1) is 13.8. The topological polar surface area (TPSA) is 32.8 Å². The quantitative estimate of drug-likeness (QED) is 0.756. The third-order valence-corrected chi connectivity index (χ3v) is 6.48. The summed E-state index contributed by atoms with van der Waals surface area (Å²) < 4.78 is 18.9. The molecule has 2 fully saturated rings. The Hall–Kier alpha value is -2.56. The van der Waals surface area contributed by atoms with E-state index < -0.39 is 0 Å². The van der Waals surface area contributed by atoms with Crippen LogP contribution in [0.2, 0.25) is 0 Å². The number of carbonyl (C=O) groups is 1. The number of aryl methyl sites for hydroxylation is 1. The molecule has 2 heterocycles. The summed E-state index contributed by atoms with van der Waals surface area (Å²) in [5.41, 5.74) is 2.63. The molecule has 0 aliphatic carbocycles. The molecule has 5 heteroatoms. The summed E-state index contributed by atoms with van der Waals surface area (Å²) in [6.07, 6.45) is 1.91. The minimum atomic E-state index is -0.213. The maximum atomic E-state index is 13.4. The number of hydrogen-bond acceptors (Lipinski definition) is 3. The fraction of sp³-hybridized carbons (Fsp3) is 0.458. The Labute approximate surface area is 172 Å². The highest BCUT2D eigenvalue weighted by molar-refractivity contribution is 5.97. The van der Waals surface area contributed by atoms with Crippen molar-refractivity contribution in [1.82, 2.24) is 4.90 Å². The zero-order valence-corrected chi connectivity index (χ0v) is 17.6. The van der Waals surface area contributed by atoms with Crippen molar-refractivity contribution in [1.29, 1.82) is 0 Å². The summed E-state index contributed by atoms with van der Waals surface area (Å²) in [5, 5.41) is 0. The first-order valence-corrected chi connectivity index (χ1v) is 10.3. The highest BCUT2D eigenvalue weighted by atomic mass is 19.1. The van der Waals surface area contributed by atoms with E-state index >= 15 is 0 Å². The molecule has 2 aromatic rings. The van der Waals surface area contributed by atoms with Gasteiger partial charge in [0.05, 0.1) is 12.7 Å². The predicted molar refractivity (Wildman–Crippen MR) is 113 cm³/mol. The predicted octanol–water partition coefficient (Wildman–Crippen LogP) is 4.66. The van der Waals surface area contributed by atoms with Crippen LogP contribution in [-0.4, -0.2) is 42.6 Å². The number of hydrogen-bond donors (Lipinski definition) is 0. The molecule has 2 atom stereocenters. The van der Waals surface area contributed by atoms with Gasteiger partial charge in [-0.15, -0.1) is 0 Å². The molecular weight excluding hydrogens is 367 g/mol. The van der Waals surface area contributed by atoms with E-state index in [4.69, 9.17) is 4.74 Å². The van der Waals surface area contributed by atoms with Gasteiger partial charge in [0.1, 0.15) is 11.6 Å². The molecule has 0 bridgehead atoms. The summed E-state index contributed by atoms with van der Waals surface area (Å²) >= 11 is 0. The van der Waals surface area contributed by atoms with Crippen molar-refractivity contribution >= 4 is 11.6 Å². The Morgan fingerprint density at radius 3 is 2.59 bits per heavy atom. The van der Waals surface area contributed by atoms with Crippen LogP contribution in [0.25, 0.3) is 0 Å². The molecule has 4 nitrogen and oxygen atoms in total. The van der Waals surface area contributed by atoms with Crippen molar-refractivity contribution in [2.75, 3.05) is 25.1 Å².